The molecule has 16 rings (SSSR count). The number of anilines is 3. The first-order valence-electron chi connectivity index (χ1n) is 25.5. The molecule has 0 aliphatic heterocycles. The molecule has 0 fully saturated rings. The first-order chi connectivity index (χ1) is 36.0. The van der Waals surface area contributed by atoms with E-state index in [9.17, 15) is 0 Å². The highest BCUT2D eigenvalue weighted by molar-refractivity contribution is 6.11. The number of pyridine rings is 2. The number of benzene rings is 9. The van der Waals surface area contributed by atoms with E-state index in [-0.39, 0.29) is 5.41 Å². The third-order valence-electron chi connectivity index (χ3n) is 17.1. The van der Waals surface area contributed by atoms with Crippen LogP contribution >= 0.6 is 0 Å². The Morgan fingerprint density at radius 1 is 0.342 bits per heavy atom. The SMILES string of the molecule is CC1(C)c2ccccc2C2(c3cc4c(cc31)C1(c3ccccc3-c3ccccc31)c1ccccc1-4)c1cccnc1-c1ncc(-n3c4ccccc4c4cc(N(c5ccccc5)c5ccccc5)ccc43)cc12. The molecule has 3 aromatic heterocycles. The van der Waals surface area contributed by atoms with Crippen molar-refractivity contribution < 1.29 is 0 Å². The third-order valence-corrected chi connectivity index (χ3v) is 17.1. The molecule has 9 aromatic carbocycles. The first-order valence-corrected chi connectivity index (χ1v) is 25.5. The molecule has 4 aliphatic carbocycles. The topological polar surface area (TPSA) is 34.0 Å². The maximum Gasteiger partial charge on any atom is 0.0939 e. The fourth-order valence-corrected chi connectivity index (χ4v) is 14.3. The quantitative estimate of drug-likeness (QED) is 0.176. The molecule has 2 spiro atoms. The lowest BCUT2D eigenvalue weighted by Gasteiger charge is -2.47. The number of aromatic nitrogens is 3. The van der Waals surface area contributed by atoms with Gasteiger partial charge in [0, 0.05) is 45.0 Å². The Morgan fingerprint density at radius 2 is 0.877 bits per heavy atom. The molecule has 3 heterocycles. The van der Waals surface area contributed by atoms with Crippen molar-refractivity contribution in [2.24, 2.45) is 0 Å². The van der Waals surface area contributed by atoms with Crippen LogP contribution in [0.2, 0.25) is 0 Å². The Morgan fingerprint density at radius 3 is 1.56 bits per heavy atom. The van der Waals surface area contributed by atoms with Crippen LogP contribution in [-0.4, -0.2) is 14.5 Å². The van der Waals surface area contributed by atoms with E-state index in [0.717, 1.165) is 50.7 Å². The standard InChI is InChI=1S/C69H46N4/c1-67(2)56-31-16-17-32-57(56)69(61-40-51-49-26-11-15-30-55(49)68(59(51)41-60(61)67)53-28-13-9-24-47(53)48-25-10-14-29-54(48)68)58-33-19-37-70-65(58)66-62(69)39-46(42-71-66)73-63-34-18-12-27-50(63)52-38-45(35-36-64(52)73)72(43-20-5-3-6-21-43)44-22-7-4-8-23-44/h3-42H,1-2H3. The van der Waals surface area contributed by atoms with Crippen molar-refractivity contribution in [1.29, 1.82) is 0 Å². The molecule has 1 unspecified atom stereocenters. The minimum Gasteiger partial charge on any atom is -0.310 e. The van der Waals surface area contributed by atoms with Crippen LogP contribution in [0.3, 0.4) is 0 Å². The predicted molar refractivity (Wildman–Crippen MR) is 297 cm³/mol. The molecule has 0 saturated heterocycles. The Hall–Kier alpha value is -9.12. The van der Waals surface area contributed by atoms with Crippen molar-refractivity contribution in [2.45, 2.75) is 30.1 Å². The van der Waals surface area contributed by atoms with E-state index in [2.05, 4.69) is 260 Å². The van der Waals surface area contributed by atoms with Gasteiger partial charge in [-0.2, -0.15) is 0 Å². The van der Waals surface area contributed by atoms with Crippen molar-refractivity contribution in [2.75, 3.05) is 4.90 Å². The molecule has 4 heteroatoms. The number of rotatable bonds is 4. The van der Waals surface area contributed by atoms with Crippen LogP contribution in [-0.2, 0) is 16.2 Å². The van der Waals surface area contributed by atoms with Gasteiger partial charge in [0.25, 0.3) is 0 Å². The predicted octanol–water partition coefficient (Wildman–Crippen LogP) is 16.4. The highest BCUT2D eigenvalue weighted by Crippen LogP contribution is 2.67. The average Bonchev–Trinajstić information content (AvgIpc) is 4.19. The highest BCUT2D eigenvalue weighted by Gasteiger charge is 2.58. The number of para-hydroxylation sites is 3. The molecular weight excluding hydrogens is 885 g/mol. The lowest BCUT2D eigenvalue weighted by atomic mass is 9.55. The Bertz CT molecular complexity index is 4230. The number of fused-ring (bicyclic) bond motifs is 22. The smallest absolute Gasteiger partial charge is 0.0939 e. The molecule has 12 aromatic rings. The van der Waals surface area contributed by atoms with E-state index in [1.54, 1.807) is 0 Å². The van der Waals surface area contributed by atoms with Gasteiger partial charge in [-0.1, -0.05) is 178 Å². The summed E-state index contributed by atoms with van der Waals surface area (Å²) in [5.41, 5.74) is 25.1. The van der Waals surface area contributed by atoms with Gasteiger partial charge < -0.3 is 9.47 Å². The van der Waals surface area contributed by atoms with E-state index < -0.39 is 10.8 Å². The lowest BCUT2D eigenvalue weighted by molar-refractivity contribution is 0.561. The first kappa shape index (κ1) is 40.6. The molecule has 4 nitrogen and oxygen atoms in total. The lowest BCUT2D eigenvalue weighted by Crippen LogP contribution is -2.41. The average molecular weight is 931 g/mol. The summed E-state index contributed by atoms with van der Waals surface area (Å²) in [4.78, 5) is 13.1. The summed E-state index contributed by atoms with van der Waals surface area (Å²) in [5.74, 6) is 0. The fraction of sp³-hybridized carbons (Fsp3) is 0.0725. The minimum absolute atomic E-state index is 0.353. The van der Waals surface area contributed by atoms with Gasteiger partial charge in [0.05, 0.1) is 45.1 Å². The van der Waals surface area contributed by atoms with Gasteiger partial charge in [-0.05, 0) is 139 Å². The summed E-state index contributed by atoms with van der Waals surface area (Å²) in [7, 11) is 0. The number of hydrogen-bond donors (Lipinski definition) is 0. The largest absolute Gasteiger partial charge is 0.310 e. The van der Waals surface area contributed by atoms with Crippen molar-refractivity contribution in [3.8, 4) is 39.3 Å². The zero-order valence-corrected chi connectivity index (χ0v) is 40.4. The zero-order valence-electron chi connectivity index (χ0n) is 40.4. The van der Waals surface area contributed by atoms with Crippen LogP contribution in [0, 0.1) is 0 Å². The van der Waals surface area contributed by atoms with Crippen molar-refractivity contribution in [3.05, 3.63) is 299 Å². The van der Waals surface area contributed by atoms with Gasteiger partial charge in [-0.15, -0.1) is 0 Å². The molecule has 0 amide bonds. The van der Waals surface area contributed by atoms with Gasteiger partial charge in [0.15, 0.2) is 0 Å². The summed E-state index contributed by atoms with van der Waals surface area (Å²) in [6, 6.07) is 85.9. The van der Waals surface area contributed by atoms with Gasteiger partial charge in [-0.25, -0.2) is 0 Å². The molecular formula is C69H46N4. The van der Waals surface area contributed by atoms with Crippen LogP contribution in [0.4, 0.5) is 17.1 Å². The van der Waals surface area contributed by atoms with E-state index >= 15 is 0 Å². The van der Waals surface area contributed by atoms with Gasteiger partial charge in [0.2, 0.25) is 0 Å². The summed E-state index contributed by atoms with van der Waals surface area (Å²) >= 11 is 0. The second-order valence-corrected chi connectivity index (χ2v) is 20.8. The molecule has 73 heavy (non-hydrogen) atoms. The van der Waals surface area contributed by atoms with E-state index in [4.69, 9.17) is 9.97 Å². The van der Waals surface area contributed by atoms with E-state index in [0.29, 0.717) is 0 Å². The van der Waals surface area contributed by atoms with E-state index in [1.807, 2.05) is 6.20 Å². The maximum absolute atomic E-state index is 5.55. The van der Waals surface area contributed by atoms with Crippen LogP contribution < -0.4 is 4.90 Å². The Balaban J connectivity index is 0.974. The van der Waals surface area contributed by atoms with Crippen LogP contribution in [0.15, 0.2) is 243 Å². The minimum atomic E-state index is -0.730. The van der Waals surface area contributed by atoms with Crippen LogP contribution in [0.1, 0.15) is 69.5 Å². The molecule has 342 valence electrons. The van der Waals surface area contributed by atoms with Crippen molar-refractivity contribution in [3.63, 3.8) is 0 Å². The van der Waals surface area contributed by atoms with Crippen molar-refractivity contribution in [1.82, 2.24) is 14.5 Å². The second kappa shape index (κ2) is 14.5. The molecule has 0 bridgehead atoms. The number of nitrogens with zero attached hydrogens (tertiary/aromatic N) is 4. The Kier molecular flexibility index (Phi) is 8.06. The zero-order chi connectivity index (χ0) is 48.2. The summed E-state index contributed by atoms with van der Waals surface area (Å²) < 4.78 is 2.43. The molecule has 4 aliphatic rings. The molecule has 1 atom stereocenters. The maximum atomic E-state index is 5.55. The highest BCUT2D eigenvalue weighted by atomic mass is 15.1. The van der Waals surface area contributed by atoms with Gasteiger partial charge >= 0.3 is 0 Å². The molecule has 0 radical (unpaired) electrons. The fourth-order valence-electron chi connectivity index (χ4n) is 14.3. The third kappa shape index (κ3) is 5.05. The van der Waals surface area contributed by atoms with Crippen LogP contribution in [0.5, 0.6) is 0 Å². The molecule has 0 saturated carbocycles. The Labute approximate surface area is 424 Å². The van der Waals surface area contributed by atoms with E-state index in [1.165, 1.54) is 83.1 Å². The monoisotopic (exact) mass is 930 g/mol. The van der Waals surface area contributed by atoms with Crippen LogP contribution in [0.25, 0.3) is 61.1 Å². The normalized spacial score (nSPS) is 16.4. The summed E-state index contributed by atoms with van der Waals surface area (Å²) in [5, 5.41) is 2.37. The number of hydrogen-bond acceptors (Lipinski definition) is 3. The summed E-state index contributed by atoms with van der Waals surface area (Å²) in [6.07, 6.45) is 4.01. The van der Waals surface area contributed by atoms with Gasteiger partial charge in [0.1, 0.15) is 0 Å². The molecule has 0 N–H and O–H groups in total. The summed E-state index contributed by atoms with van der Waals surface area (Å²) in [6.45, 7) is 4.87. The van der Waals surface area contributed by atoms with Crippen molar-refractivity contribution >= 4 is 38.9 Å². The second-order valence-electron chi connectivity index (χ2n) is 20.8. The van der Waals surface area contributed by atoms with Gasteiger partial charge in [-0.3, -0.25) is 9.97 Å².